The van der Waals surface area contributed by atoms with Crippen molar-refractivity contribution in [3.63, 3.8) is 0 Å². The van der Waals surface area contributed by atoms with Gasteiger partial charge >= 0.3 is 0 Å². The minimum atomic E-state index is -0.803. The molecule has 0 saturated carbocycles. The summed E-state index contributed by atoms with van der Waals surface area (Å²) in [5.74, 6) is 4.26. The summed E-state index contributed by atoms with van der Waals surface area (Å²) in [5, 5.41) is 2.61. The second kappa shape index (κ2) is 6.19. The van der Waals surface area contributed by atoms with Crippen LogP contribution in [0.25, 0.3) is 0 Å². The average molecular weight is 290 g/mol. The number of nitrogens with zero attached hydrogens (tertiary/aromatic N) is 1. The van der Waals surface area contributed by atoms with Crippen LogP contribution in [0.3, 0.4) is 0 Å². The Morgan fingerprint density at radius 3 is 2.76 bits per heavy atom. The Morgan fingerprint density at radius 2 is 2.14 bits per heavy atom. The monoisotopic (exact) mass is 290 g/mol. The Kier molecular flexibility index (Phi) is 4.34. The number of benzene rings is 1. The molecule has 7 heteroatoms. The Labute approximate surface area is 121 Å². The van der Waals surface area contributed by atoms with Crippen molar-refractivity contribution in [1.29, 1.82) is 0 Å². The number of rotatable bonds is 4. The number of pyridine rings is 1. The summed E-state index contributed by atoms with van der Waals surface area (Å²) < 4.78 is 19.1. The number of methoxy groups -OCH3 is 1. The molecule has 0 aliphatic carbocycles. The van der Waals surface area contributed by atoms with Crippen LogP contribution in [0.15, 0.2) is 30.5 Å². The Balaban J connectivity index is 2.24. The highest BCUT2D eigenvalue weighted by Crippen LogP contribution is 2.22. The molecule has 0 fully saturated rings. The van der Waals surface area contributed by atoms with Gasteiger partial charge in [0.1, 0.15) is 5.75 Å². The maximum Gasteiger partial charge on any atom is 0.258 e. The largest absolute Gasteiger partial charge is 0.496 e. The number of nitrogens with two attached hydrogens (primary N) is 1. The molecule has 0 saturated heterocycles. The van der Waals surface area contributed by atoms with Crippen LogP contribution < -0.4 is 21.3 Å². The van der Waals surface area contributed by atoms with Gasteiger partial charge in [-0.15, -0.1) is 0 Å². The third-order valence-corrected chi connectivity index (χ3v) is 2.92. The maximum absolute atomic E-state index is 13.9. The molecule has 4 N–H and O–H groups in total. The molecule has 0 aliphatic rings. The summed E-state index contributed by atoms with van der Waals surface area (Å²) in [6.07, 6.45) is 1.30. The first-order chi connectivity index (χ1) is 10.1. The van der Waals surface area contributed by atoms with E-state index in [4.69, 9.17) is 10.6 Å². The van der Waals surface area contributed by atoms with Gasteiger partial charge in [-0.25, -0.2) is 15.2 Å². The molecule has 110 valence electrons. The van der Waals surface area contributed by atoms with Crippen molar-refractivity contribution >= 4 is 17.4 Å². The van der Waals surface area contributed by atoms with E-state index >= 15 is 0 Å². The summed E-state index contributed by atoms with van der Waals surface area (Å²) in [5.41, 5.74) is 3.34. The molecule has 0 unspecified atom stereocenters. The van der Waals surface area contributed by atoms with Crippen LogP contribution in [-0.2, 0) is 0 Å². The molecular weight excluding hydrogens is 275 g/mol. The zero-order valence-electron chi connectivity index (χ0n) is 11.6. The smallest absolute Gasteiger partial charge is 0.258 e. The van der Waals surface area contributed by atoms with Crippen LogP contribution in [0.4, 0.5) is 15.9 Å². The number of carbonyl (C=O) groups excluding carboxylic acids is 1. The van der Waals surface area contributed by atoms with Crippen LogP contribution in [0.1, 0.15) is 15.9 Å². The molecule has 2 aromatic rings. The number of hydrazine groups is 1. The highest BCUT2D eigenvalue weighted by Gasteiger charge is 2.16. The summed E-state index contributed by atoms with van der Waals surface area (Å²) in [4.78, 5) is 15.8. The summed E-state index contributed by atoms with van der Waals surface area (Å²) >= 11 is 0. The predicted octanol–water partition coefficient (Wildman–Crippen LogP) is 2.08. The van der Waals surface area contributed by atoms with Crippen LogP contribution in [0.5, 0.6) is 5.75 Å². The van der Waals surface area contributed by atoms with E-state index in [-0.39, 0.29) is 11.4 Å². The molecule has 0 spiro atoms. The number of amides is 1. The van der Waals surface area contributed by atoms with E-state index in [9.17, 15) is 9.18 Å². The van der Waals surface area contributed by atoms with Gasteiger partial charge in [0.05, 0.1) is 12.7 Å². The maximum atomic E-state index is 13.9. The van der Waals surface area contributed by atoms with E-state index in [2.05, 4.69) is 15.7 Å². The number of carbonyl (C=O) groups is 1. The van der Waals surface area contributed by atoms with Gasteiger partial charge in [-0.05, 0) is 36.8 Å². The first kappa shape index (κ1) is 14.7. The van der Waals surface area contributed by atoms with E-state index in [1.165, 1.54) is 12.3 Å². The van der Waals surface area contributed by atoms with Gasteiger partial charge in [0.15, 0.2) is 11.6 Å². The number of aryl methyl sites for hydroxylation is 1. The first-order valence-corrected chi connectivity index (χ1v) is 6.14. The van der Waals surface area contributed by atoms with Crippen LogP contribution >= 0.6 is 0 Å². The predicted molar refractivity (Wildman–Crippen MR) is 77.7 cm³/mol. The zero-order chi connectivity index (χ0) is 15.4. The van der Waals surface area contributed by atoms with E-state index in [1.54, 1.807) is 25.3 Å². The molecule has 0 radical (unpaired) electrons. The molecule has 0 bridgehead atoms. The summed E-state index contributed by atoms with van der Waals surface area (Å²) in [7, 11) is 1.56. The van der Waals surface area contributed by atoms with Gasteiger partial charge in [-0.1, -0.05) is 0 Å². The zero-order valence-corrected chi connectivity index (χ0v) is 11.6. The molecule has 1 heterocycles. The fourth-order valence-electron chi connectivity index (χ4n) is 1.87. The molecule has 6 nitrogen and oxygen atoms in total. The lowest BCUT2D eigenvalue weighted by molar-refractivity contribution is 0.102. The fourth-order valence-corrected chi connectivity index (χ4v) is 1.87. The molecule has 2 rings (SSSR count). The summed E-state index contributed by atoms with van der Waals surface area (Å²) in [6.45, 7) is 1.85. The molecule has 1 aromatic heterocycles. The molecular formula is C14H15FN4O2. The lowest BCUT2D eigenvalue weighted by atomic mass is 10.2. The highest BCUT2D eigenvalue weighted by molar-refractivity contribution is 6.04. The Hall–Kier alpha value is -2.67. The van der Waals surface area contributed by atoms with Crippen LogP contribution in [0, 0.1) is 12.7 Å². The average Bonchev–Trinajstić information content (AvgIpc) is 2.47. The van der Waals surface area contributed by atoms with Gasteiger partial charge in [0.2, 0.25) is 0 Å². The number of hydrogen-bond donors (Lipinski definition) is 3. The van der Waals surface area contributed by atoms with Gasteiger partial charge in [0, 0.05) is 11.9 Å². The third-order valence-electron chi connectivity index (χ3n) is 2.92. The van der Waals surface area contributed by atoms with Crippen molar-refractivity contribution in [3.8, 4) is 5.75 Å². The number of anilines is 2. The number of ether oxygens (including phenoxy) is 1. The number of nitrogen functional groups attached to an aromatic ring is 1. The Morgan fingerprint density at radius 1 is 1.38 bits per heavy atom. The van der Waals surface area contributed by atoms with Gasteiger partial charge in [0.25, 0.3) is 5.91 Å². The van der Waals surface area contributed by atoms with E-state index in [1.807, 2.05) is 6.92 Å². The first-order valence-electron chi connectivity index (χ1n) is 6.14. The molecule has 0 atom stereocenters. The molecule has 0 aliphatic heterocycles. The minimum absolute atomic E-state index is 0.147. The quantitative estimate of drug-likeness (QED) is 0.592. The minimum Gasteiger partial charge on any atom is -0.496 e. The number of halogens is 1. The normalized spacial score (nSPS) is 10.1. The van der Waals surface area contributed by atoms with Crippen molar-refractivity contribution in [2.45, 2.75) is 6.92 Å². The second-order valence-corrected chi connectivity index (χ2v) is 4.30. The molecule has 1 aromatic carbocycles. The number of hydrogen-bond acceptors (Lipinski definition) is 5. The van der Waals surface area contributed by atoms with Crippen LogP contribution in [-0.4, -0.2) is 18.0 Å². The van der Waals surface area contributed by atoms with Crippen molar-refractivity contribution in [2.75, 3.05) is 17.9 Å². The lowest BCUT2D eigenvalue weighted by Gasteiger charge is -2.10. The Bertz CT molecular complexity index is 676. The van der Waals surface area contributed by atoms with Crippen molar-refractivity contribution < 1.29 is 13.9 Å². The van der Waals surface area contributed by atoms with E-state index in [0.29, 0.717) is 11.4 Å². The van der Waals surface area contributed by atoms with Crippen LogP contribution in [0.2, 0.25) is 0 Å². The standard InChI is InChI=1S/C14H15FN4O2/c1-8-7-9(3-4-11(8)21-2)18-14(20)10-5-6-17-13(19-16)12(10)15/h3-7H,16H2,1-2H3,(H,17,19)(H,18,20). The number of aromatic nitrogens is 1. The second-order valence-electron chi connectivity index (χ2n) is 4.30. The topological polar surface area (TPSA) is 89.3 Å². The van der Waals surface area contributed by atoms with E-state index in [0.717, 1.165) is 5.56 Å². The SMILES string of the molecule is COc1ccc(NC(=O)c2ccnc(NN)c2F)cc1C. The van der Waals surface area contributed by atoms with E-state index < -0.39 is 11.7 Å². The fraction of sp³-hybridized carbons (Fsp3) is 0.143. The van der Waals surface area contributed by atoms with Crippen molar-refractivity contribution in [2.24, 2.45) is 5.84 Å². The third kappa shape index (κ3) is 3.09. The van der Waals surface area contributed by atoms with Crippen molar-refractivity contribution in [3.05, 3.63) is 47.4 Å². The van der Waals surface area contributed by atoms with Gasteiger partial charge in [-0.2, -0.15) is 0 Å². The van der Waals surface area contributed by atoms with Gasteiger partial charge in [-0.3, -0.25) is 4.79 Å². The summed E-state index contributed by atoms with van der Waals surface area (Å²) in [6, 6.07) is 6.41. The number of nitrogens with one attached hydrogen (secondary N) is 2. The van der Waals surface area contributed by atoms with Crippen molar-refractivity contribution in [1.82, 2.24) is 4.98 Å². The van der Waals surface area contributed by atoms with Gasteiger partial charge < -0.3 is 15.5 Å². The molecule has 1 amide bonds. The highest BCUT2D eigenvalue weighted by atomic mass is 19.1. The molecule has 21 heavy (non-hydrogen) atoms. The lowest BCUT2D eigenvalue weighted by Crippen LogP contribution is -2.17.